The summed E-state index contributed by atoms with van der Waals surface area (Å²) in [7, 11) is 0. The van der Waals surface area contributed by atoms with Crippen molar-refractivity contribution in [2.75, 3.05) is 0 Å². The summed E-state index contributed by atoms with van der Waals surface area (Å²) in [5, 5.41) is 11.9. The first-order chi connectivity index (χ1) is 52.7. The van der Waals surface area contributed by atoms with Crippen LogP contribution in [0.25, 0.3) is 123 Å². The average Bonchev–Trinajstić information content (AvgIpc) is 1.30. The summed E-state index contributed by atoms with van der Waals surface area (Å²) in [4.78, 5) is 36.4. The van der Waals surface area contributed by atoms with Gasteiger partial charge in [-0.1, -0.05) is 152 Å². The van der Waals surface area contributed by atoms with Gasteiger partial charge < -0.3 is 24.5 Å². The van der Waals surface area contributed by atoms with Crippen molar-refractivity contribution in [3.8, 4) is 89.8 Å². The number of ketones is 1. The van der Waals surface area contributed by atoms with E-state index in [1.165, 1.54) is 75.4 Å². The molecule has 9 nitrogen and oxygen atoms in total. The number of aliphatic hydroxyl groups is 1. The zero-order valence-electron chi connectivity index (χ0n) is 63.0. The van der Waals surface area contributed by atoms with Gasteiger partial charge in [-0.3, -0.25) is 19.7 Å². The maximum atomic E-state index is 10.0. The largest absolute Gasteiger partial charge is 3.00 e. The minimum absolute atomic E-state index is 0. The molecular weight excluding hydrogens is 2090 g/mol. The quantitative estimate of drug-likeness (QED) is 0.0853. The van der Waals surface area contributed by atoms with E-state index in [2.05, 4.69) is 199 Å². The number of fused-ring (bicyclic) bond motifs is 4. The number of furan rings is 1. The zero-order chi connectivity index (χ0) is 75.4. The Morgan fingerprint density at radius 3 is 1.39 bits per heavy atom. The van der Waals surface area contributed by atoms with Crippen molar-refractivity contribution in [2.45, 2.75) is 55.4 Å². The van der Waals surface area contributed by atoms with Crippen LogP contribution in [0.4, 0.5) is 0 Å². The molecule has 17 aromatic rings. The first-order valence-electron chi connectivity index (χ1n) is 35.4. The van der Waals surface area contributed by atoms with Crippen LogP contribution < -0.4 is 0 Å². The van der Waals surface area contributed by atoms with E-state index in [4.69, 9.17) is 14.5 Å². The Morgan fingerprint density at radius 2 is 0.884 bits per heavy atom. The van der Waals surface area contributed by atoms with Crippen LogP contribution in [0.2, 0.25) is 0 Å². The predicted molar refractivity (Wildman–Crippen MR) is 442 cm³/mol. The number of carbonyl (C=O) groups excluding carboxylic acids is 1. The Kier molecular flexibility index (Phi) is 35.7. The van der Waals surface area contributed by atoms with Crippen LogP contribution in [0.15, 0.2) is 344 Å². The Balaban J connectivity index is 0.000000183. The molecule has 0 spiro atoms. The van der Waals surface area contributed by atoms with Gasteiger partial charge in [0.15, 0.2) is 5.78 Å². The molecule has 7 aromatic heterocycles. The number of nitrogens with zero attached hydrogens (tertiary/aromatic N) is 6. The van der Waals surface area contributed by atoms with E-state index in [0.717, 1.165) is 101 Å². The molecule has 0 fully saturated rings. The molecule has 17 rings (SSSR count). The summed E-state index contributed by atoms with van der Waals surface area (Å²) >= 11 is 0. The van der Waals surface area contributed by atoms with E-state index in [1.54, 1.807) is 12.4 Å². The Bertz CT molecular complexity index is 5610. The van der Waals surface area contributed by atoms with Crippen molar-refractivity contribution in [3.63, 3.8) is 0 Å². The minimum atomic E-state index is -0.125. The van der Waals surface area contributed by atoms with E-state index >= 15 is 0 Å². The molecule has 0 bridgehead atoms. The molecule has 0 atom stereocenters. The second kappa shape index (κ2) is 45.3. The first-order valence-corrected chi connectivity index (χ1v) is 35.4. The third-order valence-electron chi connectivity index (χ3n) is 16.9. The topological polar surface area (TPSA) is 128 Å². The summed E-state index contributed by atoms with van der Waals surface area (Å²) in [5.74, 6) is -0.0625. The number of aromatic nitrogens is 6. The molecule has 13 heteroatoms. The zero-order valence-corrected chi connectivity index (χ0v) is 72.6. The number of pyridine rings is 6. The number of hydrogen-bond acceptors (Lipinski definition) is 9. The van der Waals surface area contributed by atoms with Gasteiger partial charge in [-0.15, -0.1) is 155 Å². The van der Waals surface area contributed by atoms with Gasteiger partial charge in [-0.2, -0.15) is 36.4 Å². The van der Waals surface area contributed by atoms with Gasteiger partial charge in [0.1, 0.15) is 5.58 Å². The van der Waals surface area contributed by atoms with Crippen LogP contribution in [0.1, 0.15) is 47.2 Å². The SMILES string of the molecule is CC(=O)C=C(C)O.Cc1[c-]c(-c2cc(C)c3c(C)cccc3n2)cc(C)c1.Cc1ccc(-c2[c-]cccc2)nc1.Cc1ccc(-c2ccnc(-c3[c-]cccc3)c2)cc1.[Ir+3].[Ir].[Ir].[Ir].[c-]1ccccc1-c1[c-]cc2oc3ccccc3c2c1.[c-]1ccccc1-c1cc(-c2ccccc2)ccn1.c1ccc(-c2ccccn2)nc1. The third-order valence-corrected chi connectivity index (χ3v) is 16.9. The molecule has 3 radical (unpaired) electrons. The standard InChI is InChI=1S/C19H18N.C18H14N.C18H10O.C17H12N.C12H10N.C10H8N2.C5H8O2.4Ir/c1-12-8-13(2)10-16(9-12)18-11-15(4)19-14(3)6-5-7-17(19)20-18;1-14-7-9-15(10-8-14)17-11-12-19-18(13-17)16-5-3-2-4-6-16;1-2-6-13(7-3-1)14-10-11-18-16(12-14)15-8-4-5-9-17(15)19-18;1-3-7-14(8-4-1)16-11-12-18-17(13-16)15-9-5-2-6-10-15;1-10-7-8-12(13-9-10)11-5-3-2-4-6-11;1-3-7-11-9(5-1)10-6-2-4-8-12-10;1-4(6)3-5(2)7;;;;/h5-9,11H,1-4H3;2-5,7-13H,1H3;1-6,8-9,11-12H;1-9,11-13H;2-5,7-9H,1H3;1-8H;3,6H,1-2H3;;;;/q2*-1;-2;2*-1;;;;;;+3. The van der Waals surface area contributed by atoms with E-state index < -0.39 is 0 Å². The maximum absolute atomic E-state index is 10.0. The van der Waals surface area contributed by atoms with Crippen LogP contribution in [-0.2, 0) is 85.2 Å². The van der Waals surface area contributed by atoms with Crippen molar-refractivity contribution < 1.29 is 94.7 Å². The summed E-state index contributed by atoms with van der Waals surface area (Å²) in [6.45, 7) is 15.5. The number of aryl methyl sites for hydroxylation is 6. The fourth-order valence-electron chi connectivity index (χ4n) is 11.8. The predicted octanol–water partition coefficient (Wildman–Crippen LogP) is 24.6. The normalized spacial score (nSPS) is 10.2. The van der Waals surface area contributed by atoms with Crippen molar-refractivity contribution in [3.05, 3.63) is 410 Å². The van der Waals surface area contributed by atoms with Crippen LogP contribution in [-0.4, -0.2) is 40.8 Å². The van der Waals surface area contributed by atoms with E-state index in [9.17, 15) is 4.79 Å². The van der Waals surface area contributed by atoms with Crippen LogP contribution in [0.5, 0.6) is 0 Å². The molecule has 0 aliphatic carbocycles. The molecular formula is C99H80Ir4N6O3-3. The molecule has 0 unspecified atom stereocenters. The number of aliphatic hydroxyl groups excluding tert-OH is 1. The number of benzene rings is 10. The number of para-hydroxylation sites is 1. The molecule has 0 aliphatic rings. The second-order valence-corrected chi connectivity index (χ2v) is 25.5. The summed E-state index contributed by atoms with van der Waals surface area (Å²) < 4.78 is 5.80. The van der Waals surface area contributed by atoms with Crippen LogP contribution >= 0.6 is 0 Å². The number of hydrogen-bond donors (Lipinski definition) is 1. The molecule has 0 saturated carbocycles. The summed E-state index contributed by atoms with van der Waals surface area (Å²) in [5.41, 5.74) is 27.0. The number of allylic oxidation sites excluding steroid dienone is 2. The smallest absolute Gasteiger partial charge is 0.512 e. The van der Waals surface area contributed by atoms with E-state index in [-0.39, 0.29) is 92.0 Å². The Morgan fingerprint density at radius 1 is 0.366 bits per heavy atom. The molecule has 10 aromatic carbocycles. The molecule has 7 heterocycles. The van der Waals surface area contributed by atoms with Gasteiger partial charge in [0, 0.05) is 114 Å². The summed E-state index contributed by atoms with van der Waals surface area (Å²) in [6, 6.07) is 119. The molecule has 563 valence electrons. The Labute approximate surface area is 712 Å². The molecule has 0 saturated heterocycles. The monoisotopic (exact) mass is 2170 g/mol. The summed E-state index contributed by atoms with van der Waals surface area (Å²) in [6.07, 6.45) is 10.3. The van der Waals surface area contributed by atoms with E-state index in [0.29, 0.717) is 0 Å². The van der Waals surface area contributed by atoms with Crippen molar-refractivity contribution in [1.82, 2.24) is 29.9 Å². The molecule has 0 amide bonds. The molecule has 1 N–H and O–H groups in total. The maximum Gasteiger partial charge on any atom is 3.00 e. The second-order valence-electron chi connectivity index (χ2n) is 25.5. The molecule has 0 aliphatic heterocycles. The fourth-order valence-corrected chi connectivity index (χ4v) is 11.8. The third kappa shape index (κ3) is 26.0. The van der Waals surface area contributed by atoms with Crippen molar-refractivity contribution >= 4 is 38.6 Å². The van der Waals surface area contributed by atoms with Gasteiger partial charge >= 0.3 is 20.1 Å². The van der Waals surface area contributed by atoms with Gasteiger partial charge in [-0.25, -0.2) is 11.1 Å². The Hall–Kier alpha value is -11.0. The van der Waals surface area contributed by atoms with E-state index in [1.807, 2.05) is 220 Å². The van der Waals surface area contributed by atoms with Gasteiger partial charge in [0.25, 0.3) is 0 Å². The molecule has 112 heavy (non-hydrogen) atoms. The van der Waals surface area contributed by atoms with Gasteiger partial charge in [0.2, 0.25) is 0 Å². The van der Waals surface area contributed by atoms with Crippen LogP contribution in [0.3, 0.4) is 0 Å². The minimum Gasteiger partial charge on any atom is -0.512 e. The van der Waals surface area contributed by atoms with Crippen LogP contribution in [0, 0.1) is 77.9 Å². The number of rotatable bonds is 9. The number of carbonyl (C=O) groups is 1. The van der Waals surface area contributed by atoms with Crippen molar-refractivity contribution in [2.24, 2.45) is 0 Å². The first kappa shape index (κ1) is 88.2. The van der Waals surface area contributed by atoms with Gasteiger partial charge in [0.05, 0.1) is 22.7 Å². The average molecular weight is 2170 g/mol. The van der Waals surface area contributed by atoms with Gasteiger partial charge in [-0.05, 0) is 152 Å². The fraction of sp³-hybridized carbons (Fsp3) is 0.0808. The van der Waals surface area contributed by atoms with Crippen molar-refractivity contribution in [1.29, 1.82) is 0 Å².